The number of aromatic nitrogens is 3. The third-order valence-corrected chi connectivity index (χ3v) is 6.68. The van der Waals surface area contributed by atoms with Crippen LogP contribution in [0.1, 0.15) is 27.3 Å². The van der Waals surface area contributed by atoms with E-state index in [1.807, 2.05) is 0 Å². The van der Waals surface area contributed by atoms with E-state index in [-0.39, 0.29) is 22.1 Å². The van der Waals surface area contributed by atoms with E-state index < -0.39 is 27.7 Å². The molecule has 2 N–H and O–H groups in total. The molecule has 0 aliphatic rings. The van der Waals surface area contributed by atoms with E-state index in [0.29, 0.717) is 17.1 Å². The number of para-hydroxylation sites is 1. The van der Waals surface area contributed by atoms with Crippen molar-refractivity contribution in [3.8, 4) is 5.69 Å². The summed E-state index contributed by atoms with van der Waals surface area (Å²) in [4.78, 5) is 20.5. The van der Waals surface area contributed by atoms with Crippen LogP contribution < -0.4 is 10.0 Å². The molecule has 0 unspecified atom stereocenters. The number of rotatable bonds is 6. The number of carbonyl (C=O) groups excluding carboxylic acids is 1. The topological polar surface area (TPSA) is 106 Å². The molecule has 2 aromatic carbocycles. The normalized spacial score (nSPS) is 11.8. The maximum absolute atomic E-state index is 13.5. The van der Waals surface area contributed by atoms with Crippen LogP contribution >= 0.6 is 0 Å². The third-order valence-electron chi connectivity index (χ3n) is 5.34. The van der Waals surface area contributed by atoms with Crippen LogP contribution in [0.3, 0.4) is 0 Å². The van der Waals surface area contributed by atoms with Crippen molar-refractivity contribution in [3.63, 3.8) is 0 Å². The summed E-state index contributed by atoms with van der Waals surface area (Å²) in [5.41, 5.74) is 0.367. The Morgan fingerprint density at radius 3 is 2.22 bits per heavy atom. The van der Waals surface area contributed by atoms with Crippen LogP contribution in [0.5, 0.6) is 0 Å². The lowest BCUT2D eigenvalue weighted by Gasteiger charge is -2.16. The number of alkyl halides is 3. The number of nitrogens with one attached hydrogen (secondary N) is 2. The molecule has 2 aromatic heterocycles. The fourth-order valence-corrected chi connectivity index (χ4v) is 4.68. The van der Waals surface area contributed by atoms with Crippen LogP contribution in [0.15, 0.2) is 78.0 Å². The molecular weight excluding hydrogens is 495 g/mol. The lowest BCUT2D eigenvalue weighted by Crippen LogP contribution is -2.16. The molecule has 12 heteroatoms. The Morgan fingerprint density at radius 1 is 0.944 bits per heavy atom. The molecule has 0 fully saturated rings. The molecule has 4 aromatic rings. The van der Waals surface area contributed by atoms with Crippen LogP contribution in [0.4, 0.5) is 24.8 Å². The van der Waals surface area contributed by atoms with Gasteiger partial charge in [-0.2, -0.15) is 13.2 Å². The molecular formula is C24H20F3N5O3S. The van der Waals surface area contributed by atoms with Gasteiger partial charge in [0.2, 0.25) is 5.95 Å². The van der Waals surface area contributed by atoms with Gasteiger partial charge in [0.25, 0.3) is 15.9 Å². The minimum atomic E-state index is -4.56. The Labute approximate surface area is 204 Å². The monoisotopic (exact) mass is 515 g/mol. The number of carbonyl (C=O) groups is 1. The molecule has 0 radical (unpaired) electrons. The molecule has 0 aliphatic carbocycles. The van der Waals surface area contributed by atoms with E-state index in [4.69, 9.17) is 0 Å². The number of hydrogen-bond acceptors (Lipinski definition) is 5. The summed E-state index contributed by atoms with van der Waals surface area (Å²) in [6, 6.07) is 13.6. The van der Waals surface area contributed by atoms with E-state index >= 15 is 0 Å². The maximum atomic E-state index is 13.5. The summed E-state index contributed by atoms with van der Waals surface area (Å²) in [7, 11) is -3.95. The van der Waals surface area contributed by atoms with Gasteiger partial charge in [-0.3, -0.25) is 4.79 Å². The van der Waals surface area contributed by atoms with E-state index in [9.17, 15) is 26.4 Å². The molecule has 186 valence electrons. The first-order valence-electron chi connectivity index (χ1n) is 10.5. The predicted octanol–water partition coefficient (Wildman–Crippen LogP) is 4.96. The number of benzene rings is 2. The molecule has 0 spiro atoms. The van der Waals surface area contributed by atoms with Crippen molar-refractivity contribution in [1.82, 2.24) is 14.5 Å². The van der Waals surface area contributed by atoms with Crippen molar-refractivity contribution < 1.29 is 26.4 Å². The zero-order valence-corrected chi connectivity index (χ0v) is 19.9. The highest BCUT2D eigenvalue weighted by Crippen LogP contribution is 2.35. The predicted molar refractivity (Wildman–Crippen MR) is 127 cm³/mol. The van der Waals surface area contributed by atoms with Gasteiger partial charge in [0, 0.05) is 29.5 Å². The molecule has 0 saturated heterocycles. The number of sulfonamides is 1. The van der Waals surface area contributed by atoms with Crippen molar-refractivity contribution in [1.29, 1.82) is 0 Å². The van der Waals surface area contributed by atoms with Crippen molar-refractivity contribution in [2.24, 2.45) is 0 Å². The maximum Gasteiger partial charge on any atom is 0.418 e. The van der Waals surface area contributed by atoms with Crippen LogP contribution in [-0.2, 0) is 16.2 Å². The van der Waals surface area contributed by atoms with Crippen molar-refractivity contribution in [3.05, 3.63) is 95.6 Å². The Bertz CT molecular complexity index is 1520. The van der Waals surface area contributed by atoms with Crippen LogP contribution in [0.2, 0.25) is 0 Å². The summed E-state index contributed by atoms with van der Waals surface area (Å²) in [5.74, 6) is -0.636. The van der Waals surface area contributed by atoms with Crippen LogP contribution in [0.25, 0.3) is 5.69 Å². The highest BCUT2D eigenvalue weighted by Gasteiger charge is 2.34. The Hall–Kier alpha value is -4.19. The SMILES string of the molecule is Cc1cc(C(=O)Nc2ccc(S(=O)(=O)Nc3ncccn3)cc2)c(C)n1-c1ccccc1C(F)(F)F. The number of amides is 1. The van der Waals surface area contributed by atoms with Gasteiger partial charge in [-0.15, -0.1) is 0 Å². The first-order valence-corrected chi connectivity index (χ1v) is 12.0. The third kappa shape index (κ3) is 5.08. The number of anilines is 2. The second kappa shape index (κ2) is 9.46. The summed E-state index contributed by atoms with van der Waals surface area (Å²) in [6.45, 7) is 3.17. The van der Waals surface area contributed by atoms with E-state index in [1.54, 1.807) is 19.9 Å². The number of aryl methyl sites for hydroxylation is 1. The first kappa shape index (κ1) is 24.9. The quantitative estimate of drug-likeness (QED) is 0.378. The standard InChI is InChI=1S/C24H20F3N5O3S/c1-15-14-19(16(2)32(15)21-7-4-3-6-20(21)24(25,26)27)22(33)30-17-8-10-18(11-9-17)36(34,35)31-23-28-12-5-13-29-23/h3-14H,1-2H3,(H,30,33)(H,28,29,31). The lowest BCUT2D eigenvalue weighted by atomic mass is 10.1. The Balaban J connectivity index is 1.56. The molecule has 36 heavy (non-hydrogen) atoms. The second-order valence-corrected chi connectivity index (χ2v) is 9.47. The van der Waals surface area contributed by atoms with Crippen LogP contribution in [-0.4, -0.2) is 28.9 Å². The molecule has 0 saturated carbocycles. The zero-order valence-electron chi connectivity index (χ0n) is 19.0. The van der Waals surface area contributed by atoms with Crippen molar-refractivity contribution >= 4 is 27.6 Å². The zero-order chi connectivity index (χ0) is 26.1. The summed E-state index contributed by atoms with van der Waals surface area (Å²) < 4.78 is 69.3. The molecule has 4 rings (SSSR count). The first-order chi connectivity index (χ1) is 17.0. The second-order valence-electron chi connectivity index (χ2n) is 7.79. The van der Waals surface area contributed by atoms with Crippen molar-refractivity contribution in [2.45, 2.75) is 24.9 Å². The van der Waals surface area contributed by atoms with Gasteiger partial charge in [-0.1, -0.05) is 12.1 Å². The van der Waals surface area contributed by atoms with Gasteiger partial charge in [0.05, 0.1) is 21.7 Å². The summed E-state index contributed by atoms with van der Waals surface area (Å²) >= 11 is 0. The average molecular weight is 516 g/mol. The van der Waals surface area contributed by atoms with E-state index in [1.165, 1.54) is 65.5 Å². The van der Waals surface area contributed by atoms with Gasteiger partial charge >= 0.3 is 6.18 Å². The Kier molecular flexibility index (Phi) is 6.55. The molecule has 0 aliphatic heterocycles. The Morgan fingerprint density at radius 2 is 1.58 bits per heavy atom. The smallest absolute Gasteiger partial charge is 0.322 e. The van der Waals surface area contributed by atoms with Crippen LogP contribution in [0, 0.1) is 13.8 Å². The van der Waals surface area contributed by atoms with Gasteiger partial charge in [-0.25, -0.2) is 23.1 Å². The molecule has 0 atom stereocenters. The van der Waals surface area contributed by atoms with E-state index in [2.05, 4.69) is 20.0 Å². The average Bonchev–Trinajstić information content (AvgIpc) is 3.13. The lowest BCUT2D eigenvalue weighted by molar-refractivity contribution is -0.137. The van der Waals surface area contributed by atoms with Gasteiger partial charge in [0.1, 0.15) is 0 Å². The molecule has 1 amide bonds. The van der Waals surface area contributed by atoms with Crippen molar-refractivity contribution in [2.75, 3.05) is 10.0 Å². The summed E-state index contributed by atoms with van der Waals surface area (Å²) in [6.07, 6.45) is -1.78. The molecule has 2 heterocycles. The highest BCUT2D eigenvalue weighted by atomic mass is 32.2. The van der Waals surface area contributed by atoms with Gasteiger partial charge in [-0.05, 0) is 62.4 Å². The van der Waals surface area contributed by atoms with E-state index in [0.717, 1.165) is 6.07 Å². The van der Waals surface area contributed by atoms with Gasteiger partial charge in [0.15, 0.2) is 0 Å². The molecule has 0 bridgehead atoms. The number of halogens is 3. The fourth-order valence-electron chi connectivity index (χ4n) is 3.72. The molecule has 8 nitrogen and oxygen atoms in total. The fraction of sp³-hybridized carbons (Fsp3) is 0.125. The summed E-state index contributed by atoms with van der Waals surface area (Å²) in [5, 5.41) is 2.65. The number of nitrogens with zero attached hydrogens (tertiary/aromatic N) is 3. The van der Waals surface area contributed by atoms with Gasteiger partial charge < -0.3 is 9.88 Å². The largest absolute Gasteiger partial charge is 0.418 e. The highest BCUT2D eigenvalue weighted by molar-refractivity contribution is 7.92. The minimum absolute atomic E-state index is 0.0742. The number of hydrogen-bond donors (Lipinski definition) is 2. The minimum Gasteiger partial charge on any atom is -0.322 e.